The monoisotopic (exact) mass is 392 g/mol. The van der Waals surface area contributed by atoms with Crippen molar-refractivity contribution in [2.75, 3.05) is 0 Å². The van der Waals surface area contributed by atoms with Gasteiger partial charge in [0.25, 0.3) is 10.0 Å². The third-order valence-electron chi connectivity index (χ3n) is 2.74. The third kappa shape index (κ3) is 4.93. The average Bonchev–Trinajstić information content (AvgIpc) is 2.80. The number of aryl methyl sites for hydroxylation is 2. The van der Waals surface area contributed by atoms with Crippen LogP contribution < -0.4 is 0 Å². The van der Waals surface area contributed by atoms with Crippen molar-refractivity contribution in [3.8, 4) is 6.07 Å². The topological polar surface area (TPSA) is 62.9 Å². The Morgan fingerprint density at radius 2 is 1.59 bits per heavy atom. The molecule has 0 unspecified atom stereocenters. The first kappa shape index (κ1) is 19.4. The number of aromatic nitrogens is 1. The summed E-state index contributed by atoms with van der Waals surface area (Å²) >= 11 is -1.72. The van der Waals surface area contributed by atoms with E-state index >= 15 is 0 Å². The third-order valence-corrected chi connectivity index (χ3v) is 4.43. The van der Waals surface area contributed by atoms with E-state index in [-0.39, 0.29) is 10.6 Å². The highest BCUT2D eigenvalue weighted by Crippen LogP contribution is 2.19. The van der Waals surface area contributed by atoms with Crippen LogP contribution in [0, 0.1) is 25.2 Å². The fourth-order valence-electron chi connectivity index (χ4n) is 1.67. The Morgan fingerprint density at radius 1 is 1.09 bits per heavy atom. The van der Waals surface area contributed by atoms with E-state index in [4.69, 9.17) is 35.4 Å². The molecular formula is C13H12AlCl3N2O2S. The molecule has 0 amide bonds. The SMILES string of the molecule is Cc1ccc(S(=O)(=O)n2ccc(C)c2C#N)cc1.[Cl][Al]([Cl])[Cl]. The molecule has 116 valence electrons. The van der Waals surface area contributed by atoms with E-state index < -0.39 is 21.4 Å². The number of hydrogen-bond acceptors (Lipinski definition) is 3. The van der Waals surface area contributed by atoms with Crippen molar-refractivity contribution in [3.05, 3.63) is 53.3 Å². The van der Waals surface area contributed by atoms with Crippen molar-refractivity contribution >= 4 is 51.6 Å². The van der Waals surface area contributed by atoms with Crippen LogP contribution in [0.5, 0.6) is 0 Å². The van der Waals surface area contributed by atoms with E-state index in [1.54, 1.807) is 37.3 Å². The highest BCUT2D eigenvalue weighted by molar-refractivity contribution is 7.90. The molecule has 9 heteroatoms. The van der Waals surface area contributed by atoms with E-state index in [1.807, 2.05) is 13.0 Å². The molecule has 0 aliphatic carbocycles. The van der Waals surface area contributed by atoms with Crippen LogP contribution in [0.1, 0.15) is 16.8 Å². The molecule has 1 aromatic carbocycles. The zero-order chi connectivity index (χ0) is 16.9. The summed E-state index contributed by atoms with van der Waals surface area (Å²) in [7, 11) is 11.1. The molecule has 1 aromatic heterocycles. The summed E-state index contributed by atoms with van der Waals surface area (Å²) in [5.41, 5.74) is 1.78. The average molecular weight is 394 g/mol. The van der Waals surface area contributed by atoms with Gasteiger partial charge >= 0.3 is 11.4 Å². The lowest BCUT2D eigenvalue weighted by molar-refractivity contribution is 0.587. The largest absolute Gasteiger partial charge is 0.643 e. The van der Waals surface area contributed by atoms with Gasteiger partial charge in [0.1, 0.15) is 11.8 Å². The summed E-state index contributed by atoms with van der Waals surface area (Å²) < 4.78 is 25.7. The van der Waals surface area contributed by atoms with Crippen LogP contribution in [0.2, 0.25) is 0 Å². The standard InChI is InChI=1S/C13H12N2O2S.Al.3ClH/c1-10-3-5-12(6-4-10)18(16,17)15-8-7-11(2)13(15)9-14;;;;/h3-8H,1-2H3;;3*1H/q;+3;;;/p-3. The van der Waals surface area contributed by atoms with Gasteiger partial charge in [0.2, 0.25) is 0 Å². The van der Waals surface area contributed by atoms with Gasteiger partial charge in [-0.05, 0) is 37.6 Å². The molecule has 0 spiro atoms. The van der Waals surface area contributed by atoms with Gasteiger partial charge < -0.3 is 0 Å². The predicted molar refractivity (Wildman–Crippen MR) is 91.0 cm³/mol. The zero-order valence-corrected chi connectivity index (χ0v) is 16.0. The van der Waals surface area contributed by atoms with E-state index in [2.05, 4.69) is 0 Å². The summed E-state index contributed by atoms with van der Waals surface area (Å²) in [6.45, 7) is 3.59. The fraction of sp³-hybridized carbons (Fsp3) is 0.154. The molecule has 0 saturated heterocycles. The molecule has 22 heavy (non-hydrogen) atoms. The maximum atomic E-state index is 12.4. The molecule has 2 aromatic rings. The van der Waals surface area contributed by atoms with Crippen molar-refractivity contribution < 1.29 is 8.42 Å². The van der Waals surface area contributed by atoms with Gasteiger partial charge in [-0.2, -0.15) is 5.26 Å². The number of halogens is 3. The minimum absolute atomic E-state index is 0.149. The van der Waals surface area contributed by atoms with E-state index in [1.165, 1.54) is 6.20 Å². The van der Waals surface area contributed by atoms with Crippen molar-refractivity contribution in [2.24, 2.45) is 0 Å². The van der Waals surface area contributed by atoms with Crippen molar-refractivity contribution in [3.63, 3.8) is 0 Å². The fourth-order valence-corrected chi connectivity index (χ4v) is 3.02. The Hall–Kier alpha value is -0.658. The second-order valence-corrected chi connectivity index (χ2v) is 12.6. The first-order chi connectivity index (χ1) is 10.2. The maximum Gasteiger partial charge on any atom is 0.643 e. The molecule has 1 heterocycles. The normalized spacial score (nSPS) is 10.4. The van der Waals surface area contributed by atoms with Gasteiger partial charge in [0, 0.05) is 6.20 Å². The smallest absolute Gasteiger partial charge is 0.231 e. The van der Waals surface area contributed by atoms with Gasteiger partial charge in [0.05, 0.1) is 4.90 Å². The first-order valence-corrected chi connectivity index (χ1v) is 12.7. The molecule has 0 radical (unpaired) electrons. The van der Waals surface area contributed by atoms with Crippen molar-refractivity contribution in [1.82, 2.24) is 3.97 Å². The minimum atomic E-state index is -3.68. The number of nitrogens with zero attached hydrogens (tertiary/aromatic N) is 2. The predicted octanol–water partition coefficient (Wildman–Crippen LogP) is 3.90. The number of benzene rings is 1. The zero-order valence-electron chi connectivity index (χ0n) is 11.8. The van der Waals surface area contributed by atoms with Gasteiger partial charge in [0.15, 0.2) is 0 Å². The summed E-state index contributed by atoms with van der Waals surface area (Å²) in [6.07, 6.45) is 1.41. The highest BCUT2D eigenvalue weighted by Gasteiger charge is 2.20. The van der Waals surface area contributed by atoms with Crippen molar-refractivity contribution in [2.45, 2.75) is 18.7 Å². The molecule has 4 nitrogen and oxygen atoms in total. The van der Waals surface area contributed by atoms with E-state index in [0.29, 0.717) is 5.56 Å². The second-order valence-electron chi connectivity index (χ2n) is 4.32. The number of hydrogen-bond donors (Lipinski definition) is 0. The summed E-state index contributed by atoms with van der Waals surface area (Å²) in [5, 5.41) is 9.01. The van der Waals surface area contributed by atoms with Gasteiger partial charge in [-0.1, -0.05) is 17.7 Å². The van der Waals surface area contributed by atoms with Crippen LogP contribution in [0.4, 0.5) is 0 Å². The summed E-state index contributed by atoms with van der Waals surface area (Å²) in [5.74, 6) is 0. The molecular weight excluding hydrogens is 382 g/mol. The van der Waals surface area contributed by atoms with Gasteiger partial charge in [-0.3, -0.25) is 0 Å². The lowest BCUT2D eigenvalue weighted by Gasteiger charge is -2.07. The lowest BCUT2D eigenvalue weighted by Crippen LogP contribution is -2.14. The maximum absolute atomic E-state index is 12.4. The van der Waals surface area contributed by atoms with Crippen LogP contribution in [0.15, 0.2) is 41.4 Å². The van der Waals surface area contributed by atoms with Crippen LogP contribution in [-0.2, 0) is 10.0 Å². The Morgan fingerprint density at radius 3 is 2.05 bits per heavy atom. The molecule has 0 N–H and O–H groups in total. The van der Waals surface area contributed by atoms with Gasteiger partial charge in [-0.15, -0.1) is 0 Å². The summed E-state index contributed by atoms with van der Waals surface area (Å²) in [6, 6.07) is 10.1. The first-order valence-electron chi connectivity index (χ1n) is 6.02. The Balaban J connectivity index is 0.000000541. The number of nitriles is 1. The van der Waals surface area contributed by atoms with Crippen LogP contribution >= 0.6 is 30.1 Å². The Kier molecular flexibility index (Phi) is 7.29. The lowest BCUT2D eigenvalue weighted by atomic mass is 10.2. The molecule has 0 aliphatic rings. The quantitative estimate of drug-likeness (QED) is 0.727. The second kappa shape index (κ2) is 8.27. The Labute approximate surface area is 146 Å². The van der Waals surface area contributed by atoms with Crippen LogP contribution in [-0.4, -0.2) is 23.8 Å². The molecule has 0 fully saturated rings. The van der Waals surface area contributed by atoms with Crippen molar-refractivity contribution in [1.29, 1.82) is 5.26 Å². The summed E-state index contributed by atoms with van der Waals surface area (Å²) in [4.78, 5) is 0.181. The molecule has 0 saturated carbocycles. The molecule has 0 bridgehead atoms. The van der Waals surface area contributed by atoms with Gasteiger partial charge in [-0.25, -0.2) is 42.5 Å². The van der Waals surface area contributed by atoms with Crippen LogP contribution in [0.25, 0.3) is 0 Å². The van der Waals surface area contributed by atoms with Crippen LogP contribution in [0.3, 0.4) is 0 Å². The van der Waals surface area contributed by atoms with E-state index in [0.717, 1.165) is 9.54 Å². The van der Waals surface area contributed by atoms with E-state index in [9.17, 15) is 8.42 Å². The Bertz CT molecular complexity index is 778. The molecule has 0 atom stereocenters. The highest BCUT2D eigenvalue weighted by atomic mass is 35.8. The number of rotatable bonds is 2. The molecule has 2 rings (SSSR count). The minimum Gasteiger partial charge on any atom is -0.231 e. The molecule has 0 aliphatic heterocycles.